The number of urea groups is 1. The third-order valence-electron chi connectivity index (χ3n) is 5.66. The quantitative estimate of drug-likeness (QED) is 0.729. The number of amides is 2. The van der Waals surface area contributed by atoms with E-state index in [9.17, 15) is 14.7 Å². The number of rotatable bonds is 5. The standard InChI is InChI=1S/C16H28N2O3/c1-3-12-6-10-16(11-7-12,13(19)20)18-14(21)17-15(4-2)8-5-9-15/h12H,3-11H2,1-2H3,(H,19,20)(H2,17,18,21). The van der Waals surface area contributed by atoms with E-state index >= 15 is 0 Å². The molecule has 2 amide bonds. The van der Waals surface area contributed by atoms with Crippen molar-refractivity contribution in [1.82, 2.24) is 10.6 Å². The predicted octanol–water partition coefficient (Wildman–Crippen LogP) is 3.04. The summed E-state index contributed by atoms with van der Waals surface area (Å²) in [5, 5.41) is 15.4. The molecule has 2 rings (SSSR count). The zero-order valence-electron chi connectivity index (χ0n) is 13.2. The van der Waals surface area contributed by atoms with Crippen LogP contribution >= 0.6 is 0 Å². The van der Waals surface area contributed by atoms with Crippen LogP contribution in [0.1, 0.15) is 71.6 Å². The van der Waals surface area contributed by atoms with Crippen molar-refractivity contribution < 1.29 is 14.7 Å². The van der Waals surface area contributed by atoms with E-state index in [-0.39, 0.29) is 11.6 Å². The van der Waals surface area contributed by atoms with Gasteiger partial charge in [0.15, 0.2) is 0 Å². The summed E-state index contributed by atoms with van der Waals surface area (Å²) in [6.45, 7) is 4.21. The minimum atomic E-state index is -1.07. The molecule has 2 aliphatic rings. The molecule has 0 unspecified atom stereocenters. The first-order valence-electron chi connectivity index (χ1n) is 8.29. The fraction of sp³-hybridized carbons (Fsp3) is 0.875. The number of hydrogen-bond donors (Lipinski definition) is 3. The van der Waals surface area contributed by atoms with Crippen LogP contribution < -0.4 is 10.6 Å². The minimum Gasteiger partial charge on any atom is -0.480 e. The second-order valence-corrected chi connectivity index (χ2v) is 6.81. The zero-order valence-corrected chi connectivity index (χ0v) is 13.2. The molecule has 3 N–H and O–H groups in total. The lowest BCUT2D eigenvalue weighted by molar-refractivity contribution is -0.146. The fourth-order valence-corrected chi connectivity index (χ4v) is 3.63. The molecule has 5 nitrogen and oxygen atoms in total. The number of hydrogen-bond acceptors (Lipinski definition) is 2. The predicted molar refractivity (Wildman–Crippen MR) is 81.2 cm³/mol. The maximum atomic E-state index is 12.3. The van der Waals surface area contributed by atoms with E-state index in [1.165, 1.54) is 0 Å². The summed E-state index contributed by atoms with van der Waals surface area (Å²) in [5.41, 5.74) is -1.18. The van der Waals surface area contributed by atoms with E-state index < -0.39 is 11.5 Å². The molecule has 0 spiro atoms. The SMILES string of the molecule is CCC1CCC(NC(=O)NC2(CC)CCC2)(C(=O)O)CC1. The maximum absolute atomic E-state index is 12.3. The van der Waals surface area contributed by atoms with Gasteiger partial charge in [0.05, 0.1) is 0 Å². The van der Waals surface area contributed by atoms with Gasteiger partial charge in [-0.05, 0) is 57.3 Å². The van der Waals surface area contributed by atoms with Crippen molar-refractivity contribution in [3.05, 3.63) is 0 Å². The number of aliphatic carboxylic acids is 1. The Bertz CT molecular complexity index is 391. The van der Waals surface area contributed by atoms with Crippen molar-refractivity contribution in [2.45, 2.75) is 82.7 Å². The summed E-state index contributed by atoms with van der Waals surface area (Å²) in [6.07, 6.45) is 7.93. The molecule has 0 aromatic carbocycles. The van der Waals surface area contributed by atoms with Gasteiger partial charge in [0, 0.05) is 5.54 Å². The third kappa shape index (κ3) is 3.33. The smallest absolute Gasteiger partial charge is 0.329 e. The van der Waals surface area contributed by atoms with Crippen LogP contribution in [0.4, 0.5) is 4.79 Å². The molecule has 0 radical (unpaired) electrons. The molecule has 2 saturated carbocycles. The van der Waals surface area contributed by atoms with Crippen LogP contribution in [0.25, 0.3) is 0 Å². The van der Waals surface area contributed by atoms with Crippen LogP contribution in [0.15, 0.2) is 0 Å². The Morgan fingerprint density at radius 2 is 1.71 bits per heavy atom. The number of carboxylic acid groups (broad SMARTS) is 1. The summed E-state index contributed by atoms with van der Waals surface area (Å²) < 4.78 is 0. The van der Waals surface area contributed by atoms with Crippen molar-refractivity contribution in [2.24, 2.45) is 5.92 Å². The number of carboxylic acids is 1. The topological polar surface area (TPSA) is 78.4 Å². The molecule has 0 heterocycles. The van der Waals surface area contributed by atoms with Crippen molar-refractivity contribution >= 4 is 12.0 Å². The largest absolute Gasteiger partial charge is 0.480 e. The van der Waals surface area contributed by atoms with E-state index in [2.05, 4.69) is 24.5 Å². The van der Waals surface area contributed by atoms with Crippen LogP contribution in [0.3, 0.4) is 0 Å². The third-order valence-corrected chi connectivity index (χ3v) is 5.66. The molecule has 0 atom stereocenters. The summed E-state index contributed by atoms with van der Waals surface area (Å²) >= 11 is 0. The van der Waals surface area contributed by atoms with Crippen molar-refractivity contribution in [3.63, 3.8) is 0 Å². The molecule has 0 bridgehead atoms. The first-order valence-corrected chi connectivity index (χ1v) is 8.29. The van der Waals surface area contributed by atoms with Gasteiger partial charge in [-0.3, -0.25) is 0 Å². The van der Waals surface area contributed by atoms with Crippen LogP contribution in [-0.2, 0) is 4.79 Å². The van der Waals surface area contributed by atoms with E-state index in [1.807, 2.05) is 0 Å². The van der Waals surface area contributed by atoms with Gasteiger partial charge in [-0.1, -0.05) is 20.3 Å². The van der Waals surface area contributed by atoms with E-state index in [4.69, 9.17) is 0 Å². The van der Waals surface area contributed by atoms with Gasteiger partial charge in [0.25, 0.3) is 0 Å². The Morgan fingerprint density at radius 1 is 1.10 bits per heavy atom. The minimum absolute atomic E-state index is 0.107. The molecule has 0 aromatic heterocycles. The fourth-order valence-electron chi connectivity index (χ4n) is 3.63. The van der Waals surface area contributed by atoms with Crippen molar-refractivity contribution in [3.8, 4) is 0 Å². The molecule has 0 aromatic rings. The van der Waals surface area contributed by atoms with Gasteiger partial charge in [0.1, 0.15) is 5.54 Å². The number of carbonyl (C=O) groups excluding carboxylic acids is 1. The summed E-state index contributed by atoms with van der Waals surface area (Å²) in [4.78, 5) is 23.9. The first-order chi connectivity index (χ1) is 9.95. The Labute approximate surface area is 126 Å². The van der Waals surface area contributed by atoms with E-state index in [0.717, 1.165) is 44.9 Å². The van der Waals surface area contributed by atoms with Crippen LogP contribution in [0, 0.1) is 5.92 Å². The average molecular weight is 296 g/mol. The molecule has 2 aliphatic carbocycles. The molecule has 21 heavy (non-hydrogen) atoms. The highest BCUT2D eigenvalue weighted by atomic mass is 16.4. The van der Waals surface area contributed by atoms with Gasteiger partial charge in [0.2, 0.25) is 0 Å². The summed E-state index contributed by atoms with van der Waals surface area (Å²) in [5.74, 6) is -0.303. The maximum Gasteiger partial charge on any atom is 0.329 e. The lowest BCUT2D eigenvalue weighted by Gasteiger charge is -2.43. The molecular weight excluding hydrogens is 268 g/mol. The lowest BCUT2D eigenvalue weighted by Crippen LogP contribution is -2.63. The molecule has 0 aliphatic heterocycles. The van der Waals surface area contributed by atoms with Gasteiger partial charge >= 0.3 is 12.0 Å². The Hall–Kier alpha value is -1.26. The average Bonchev–Trinajstić information content (AvgIpc) is 2.43. The van der Waals surface area contributed by atoms with Gasteiger partial charge in [-0.2, -0.15) is 0 Å². The van der Waals surface area contributed by atoms with Gasteiger partial charge in [-0.15, -0.1) is 0 Å². The highest BCUT2D eigenvalue weighted by molar-refractivity contribution is 5.86. The Balaban J connectivity index is 1.97. The van der Waals surface area contributed by atoms with Crippen LogP contribution in [0.2, 0.25) is 0 Å². The Morgan fingerprint density at radius 3 is 2.10 bits per heavy atom. The second-order valence-electron chi connectivity index (χ2n) is 6.81. The monoisotopic (exact) mass is 296 g/mol. The van der Waals surface area contributed by atoms with Crippen LogP contribution in [-0.4, -0.2) is 28.2 Å². The van der Waals surface area contributed by atoms with E-state index in [1.54, 1.807) is 0 Å². The Kier molecular flexibility index (Phi) is 4.79. The van der Waals surface area contributed by atoms with Crippen LogP contribution in [0.5, 0.6) is 0 Å². The van der Waals surface area contributed by atoms with E-state index in [0.29, 0.717) is 18.8 Å². The molecular formula is C16H28N2O3. The number of carbonyl (C=O) groups is 2. The molecule has 5 heteroatoms. The van der Waals surface area contributed by atoms with Gasteiger partial charge in [-0.25, -0.2) is 9.59 Å². The number of nitrogens with one attached hydrogen (secondary N) is 2. The second kappa shape index (κ2) is 6.24. The summed E-state index contributed by atoms with van der Waals surface area (Å²) in [6, 6.07) is -0.311. The highest BCUT2D eigenvalue weighted by Crippen LogP contribution is 2.36. The zero-order chi connectivity index (χ0) is 15.5. The van der Waals surface area contributed by atoms with Crippen molar-refractivity contribution in [2.75, 3.05) is 0 Å². The van der Waals surface area contributed by atoms with Gasteiger partial charge < -0.3 is 15.7 Å². The first kappa shape index (κ1) is 16.1. The molecule has 2 fully saturated rings. The summed E-state index contributed by atoms with van der Waals surface area (Å²) in [7, 11) is 0. The lowest BCUT2D eigenvalue weighted by atomic mass is 9.74. The normalized spacial score (nSPS) is 31.0. The highest BCUT2D eigenvalue weighted by Gasteiger charge is 2.44. The van der Waals surface area contributed by atoms with Crippen molar-refractivity contribution in [1.29, 1.82) is 0 Å². The molecule has 120 valence electrons. The molecule has 0 saturated heterocycles.